The first-order chi connectivity index (χ1) is 16.9. The Bertz CT molecular complexity index is 1320. The van der Waals surface area contributed by atoms with Crippen molar-refractivity contribution in [3.8, 4) is 0 Å². The monoisotopic (exact) mass is 490 g/mol. The number of ether oxygens (including phenoxy) is 1. The molecule has 0 bridgehead atoms. The Hall–Kier alpha value is -3.98. The van der Waals surface area contributed by atoms with Gasteiger partial charge in [-0.05, 0) is 42.0 Å². The van der Waals surface area contributed by atoms with Gasteiger partial charge in [-0.3, -0.25) is 19.7 Å². The van der Waals surface area contributed by atoms with Crippen LogP contribution in [0.15, 0.2) is 71.6 Å². The summed E-state index contributed by atoms with van der Waals surface area (Å²) in [5.74, 6) is -1.68. The molecule has 35 heavy (non-hydrogen) atoms. The van der Waals surface area contributed by atoms with Crippen LogP contribution in [0, 0.1) is 10.1 Å². The van der Waals surface area contributed by atoms with E-state index in [-0.39, 0.29) is 28.3 Å². The first-order valence-electron chi connectivity index (χ1n) is 10.9. The number of rotatable bonds is 7. The number of amides is 1. The lowest BCUT2D eigenvalue weighted by Gasteiger charge is -2.28. The van der Waals surface area contributed by atoms with E-state index in [1.54, 1.807) is 23.3 Å². The van der Waals surface area contributed by atoms with E-state index >= 15 is 0 Å². The molecule has 178 valence electrons. The molecule has 9 heteroatoms. The molecule has 0 unspecified atom stereocenters. The van der Waals surface area contributed by atoms with Crippen LogP contribution in [0.25, 0.3) is 0 Å². The molecule has 0 fully saturated rings. The smallest absolute Gasteiger partial charge is 0.339 e. The molecule has 1 aliphatic heterocycles. The number of nitro benzene ring substituents is 1. The Morgan fingerprint density at radius 1 is 1.00 bits per heavy atom. The molecule has 4 rings (SSSR count). The van der Waals surface area contributed by atoms with Crippen LogP contribution in [0.1, 0.15) is 37.4 Å². The Kier molecular flexibility index (Phi) is 7.26. The summed E-state index contributed by atoms with van der Waals surface area (Å²) in [4.78, 5) is 51.5. The third-order valence-electron chi connectivity index (χ3n) is 5.84. The lowest BCUT2D eigenvalue weighted by atomic mass is 9.98. The fourth-order valence-electron chi connectivity index (χ4n) is 3.99. The molecule has 0 spiro atoms. The number of thioether (sulfide) groups is 1. The topological polar surface area (TPSA) is 107 Å². The van der Waals surface area contributed by atoms with Crippen LogP contribution in [0.5, 0.6) is 0 Å². The predicted octanol–water partition coefficient (Wildman–Crippen LogP) is 4.29. The zero-order valence-electron chi connectivity index (χ0n) is 18.9. The van der Waals surface area contributed by atoms with Gasteiger partial charge in [-0.2, -0.15) is 0 Å². The second kappa shape index (κ2) is 10.5. The molecule has 0 aliphatic carbocycles. The molecule has 0 saturated carbocycles. The summed E-state index contributed by atoms with van der Waals surface area (Å²) in [7, 11) is 0. The van der Waals surface area contributed by atoms with E-state index < -0.39 is 23.3 Å². The molecule has 1 heterocycles. The number of hydrogen-bond donors (Lipinski definition) is 0. The third-order valence-corrected chi connectivity index (χ3v) is 6.62. The largest absolute Gasteiger partial charge is 0.452 e. The normalized spacial score (nSPS) is 12.5. The van der Waals surface area contributed by atoms with Gasteiger partial charge in [-0.1, -0.05) is 42.5 Å². The van der Waals surface area contributed by atoms with E-state index in [1.807, 2.05) is 24.3 Å². The van der Waals surface area contributed by atoms with Gasteiger partial charge in [0.25, 0.3) is 11.6 Å². The second-order valence-electron chi connectivity index (χ2n) is 7.93. The van der Waals surface area contributed by atoms with Crippen molar-refractivity contribution in [1.29, 1.82) is 0 Å². The molecular formula is C26H22N2O6S. The SMILES string of the molecule is CSc1ccc(C(=O)c2ccccc2C(=O)OCC(=O)N2CCc3ccccc3C2)cc1[N+](=O)[O-]. The van der Waals surface area contributed by atoms with Crippen LogP contribution in [-0.4, -0.2) is 46.9 Å². The predicted molar refractivity (Wildman–Crippen MR) is 131 cm³/mol. The summed E-state index contributed by atoms with van der Waals surface area (Å²) in [5, 5.41) is 11.4. The molecule has 1 amide bonds. The molecule has 8 nitrogen and oxygen atoms in total. The molecule has 0 saturated heterocycles. The van der Waals surface area contributed by atoms with Crippen LogP contribution in [0.2, 0.25) is 0 Å². The fourth-order valence-corrected chi connectivity index (χ4v) is 4.54. The standard InChI is InChI=1S/C26H22N2O6S/c1-35-23-11-10-18(14-22(23)28(32)33)25(30)20-8-4-5-9-21(20)26(31)34-16-24(29)27-13-12-17-6-2-3-7-19(17)15-27/h2-11,14H,12-13,15-16H2,1H3. The minimum Gasteiger partial charge on any atom is -0.452 e. The van der Waals surface area contributed by atoms with Crippen molar-refractivity contribution >= 4 is 35.1 Å². The first-order valence-corrected chi connectivity index (χ1v) is 12.1. The van der Waals surface area contributed by atoms with Crippen LogP contribution in [-0.2, 0) is 22.5 Å². The minimum atomic E-state index is -0.810. The molecule has 1 aliphatic rings. The van der Waals surface area contributed by atoms with Gasteiger partial charge < -0.3 is 9.64 Å². The number of fused-ring (bicyclic) bond motifs is 1. The summed E-state index contributed by atoms with van der Waals surface area (Å²) < 4.78 is 5.26. The molecule has 0 atom stereocenters. The van der Waals surface area contributed by atoms with Crippen LogP contribution in [0.3, 0.4) is 0 Å². The average Bonchev–Trinajstić information content (AvgIpc) is 2.90. The number of hydrogen-bond acceptors (Lipinski definition) is 7. The minimum absolute atomic E-state index is 0.00844. The number of benzene rings is 3. The maximum atomic E-state index is 13.1. The molecular weight excluding hydrogens is 468 g/mol. The van der Waals surface area contributed by atoms with Gasteiger partial charge in [0.15, 0.2) is 12.4 Å². The number of esters is 1. The van der Waals surface area contributed by atoms with Gasteiger partial charge in [0.05, 0.1) is 15.4 Å². The van der Waals surface area contributed by atoms with Crippen molar-refractivity contribution in [3.05, 3.63) is 105 Å². The Morgan fingerprint density at radius 2 is 1.69 bits per heavy atom. The van der Waals surface area contributed by atoms with E-state index in [0.717, 1.165) is 12.0 Å². The van der Waals surface area contributed by atoms with Gasteiger partial charge in [0.2, 0.25) is 0 Å². The zero-order valence-corrected chi connectivity index (χ0v) is 19.7. The summed E-state index contributed by atoms with van der Waals surface area (Å²) in [6, 6.07) is 18.1. The van der Waals surface area contributed by atoms with Gasteiger partial charge in [0, 0.05) is 30.3 Å². The third kappa shape index (κ3) is 5.25. The van der Waals surface area contributed by atoms with Crippen LogP contribution >= 0.6 is 11.8 Å². The molecule has 0 aromatic heterocycles. The van der Waals surface area contributed by atoms with Crippen molar-refractivity contribution in [2.75, 3.05) is 19.4 Å². The number of carbonyl (C=O) groups is 3. The lowest BCUT2D eigenvalue weighted by molar-refractivity contribution is -0.387. The maximum Gasteiger partial charge on any atom is 0.339 e. The highest BCUT2D eigenvalue weighted by Gasteiger charge is 2.25. The number of nitro groups is 1. The summed E-state index contributed by atoms with van der Waals surface area (Å²) in [6.07, 6.45) is 2.44. The average molecular weight is 491 g/mol. The van der Waals surface area contributed by atoms with Crippen molar-refractivity contribution in [2.24, 2.45) is 0 Å². The van der Waals surface area contributed by atoms with Crippen molar-refractivity contribution < 1.29 is 24.0 Å². The van der Waals surface area contributed by atoms with E-state index in [2.05, 4.69) is 0 Å². The Morgan fingerprint density at radius 3 is 2.40 bits per heavy atom. The molecule has 3 aromatic rings. The van der Waals surface area contributed by atoms with E-state index in [4.69, 9.17) is 4.74 Å². The zero-order chi connectivity index (χ0) is 24.9. The van der Waals surface area contributed by atoms with Gasteiger partial charge in [-0.25, -0.2) is 4.79 Å². The van der Waals surface area contributed by atoms with Gasteiger partial charge >= 0.3 is 5.97 Å². The second-order valence-corrected chi connectivity index (χ2v) is 8.78. The molecule has 0 radical (unpaired) electrons. The number of carbonyl (C=O) groups excluding carboxylic acids is 3. The Labute approximate surface area is 206 Å². The summed E-state index contributed by atoms with van der Waals surface area (Å²) >= 11 is 1.20. The van der Waals surface area contributed by atoms with Gasteiger partial charge in [0.1, 0.15) is 0 Å². The lowest BCUT2D eigenvalue weighted by Crippen LogP contribution is -2.38. The van der Waals surface area contributed by atoms with E-state index in [9.17, 15) is 24.5 Å². The number of ketones is 1. The summed E-state index contributed by atoms with van der Waals surface area (Å²) in [6.45, 7) is 0.539. The van der Waals surface area contributed by atoms with Crippen molar-refractivity contribution in [1.82, 2.24) is 4.90 Å². The highest BCUT2D eigenvalue weighted by molar-refractivity contribution is 7.98. The van der Waals surface area contributed by atoms with E-state index in [0.29, 0.717) is 18.0 Å². The van der Waals surface area contributed by atoms with Gasteiger partial charge in [-0.15, -0.1) is 11.8 Å². The van der Waals surface area contributed by atoms with Crippen molar-refractivity contribution in [2.45, 2.75) is 17.9 Å². The number of nitrogens with zero attached hydrogens (tertiary/aromatic N) is 2. The quantitative estimate of drug-likeness (QED) is 0.160. The van der Waals surface area contributed by atoms with Crippen LogP contribution in [0.4, 0.5) is 5.69 Å². The van der Waals surface area contributed by atoms with E-state index in [1.165, 1.54) is 47.7 Å². The highest BCUT2D eigenvalue weighted by Crippen LogP contribution is 2.29. The maximum absolute atomic E-state index is 13.1. The fraction of sp³-hybridized carbons (Fsp3) is 0.192. The molecule has 0 N–H and O–H groups in total. The van der Waals surface area contributed by atoms with Crippen LogP contribution < -0.4 is 0 Å². The Balaban J connectivity index is 1.48. The highest BCUT2D eigenvalue weighted by atomic mass is 32.2. The van der Waals surface area contributed by atoms with Crippen molar-refractivity contribution in [3.63, 3.8) is 0 Å². The molecule has 3 aromatic carbocycles. The summed E-state index contributed by atoms with van der Waals surface area (Å²) in [5.41, 5.74) is 2.20. The first kappa shape index (κ1) is 24.2.